The number of amides is 2. The lowest BCUT2D eigenvalue weighted by Crippen LogP contribution is -2.49. The van der Waals surface area contributed by atoms with Gasteiger partial charge in [0.1, 0.15) is 11.9 Å². The largest absolute Gasteiger partial charge is 0.384 e. The summed E-state index contributed by atoms with van der Waals surface area (Å²) in [4.78, 5) is 29.3. The van der Waals surface area contributed by atoms with E-state index < -0.39 is 35.6 Å². The highest BCUT2D eigenvalue weighted by atomic mass is 19.2. The Morgan fingerprint density at radius 3 is 2.34 bits per heavy atom. The number of nitrogen functional groups attached to an aromatic ring is 1. The number of aliphatic hydroxyl groups is 1. The van der Waals surface area contributed by atoms with Crippen LogP contribution in [-0.2, 0) is 22.6 Å². The molecule has 2 amide bonds. The molecule has 0 aliphatic rings. The molecule has 1 heterocycles. The average Bonchev–Trinajstić information content (AvgIpc) is 2.80. The molecule has 3 rings (SSSR count). The van der Waals surface area contributed by atoms with Gasteiger partial charge in [0.25, 0.3) is 5.91 Å². The Labute approximate surface area is 183 Å². The molecule has 9 heteroatoms. The number of nitrogens with zero attached hydrogens (tertiary/aromatic N) is 1. The van der Waals surface area contributed by atoms with Gasteiger partial charge in [-0.25, -0.2) is 13.8 Å². The quantitative estimate of drug-likeness (QED) is 0.428. The first-order valence-electron chi connectivity index (χ1n) is 9.79. The van der Waals surface area contributed by atoms with Crippen molar-refractivity contribution in [3.05, 3.63) is 95.2 Å². The highest BCUT2D eigenvalue weighted by Crippen LogP contribution is 2.14. The molecular formula is C23H22F2N4O3. The Hall–Kier alpha value is -3.85. The Morgan fingerprint density at radius 2 is 1.69 bits per heavy atom. The molecule has 0 spiro atoms. The second-order valence-corrected chi connectivity index (χ2v) is 7.14. The van der Waals surface area contributed by atoms with Crippen molar-refractivity contribution in [2.45, 2.75) is 25.1 Å². The number of hydrogen-bond acceptors (Lipinski definition) is 5. The third kappa shape index (κ3) is 6.08. The lowest BCUT2D eigenvalue weighted by Gasteiger charge is -2.21. The third-order valence-electron chi connectivity index (χ3n) is 4.73. The van der Waals surface area contributed by atoms with Crippen molar-refractivity contribution < 1.29 is 23.5 Å². The van der Waals surface area contributed by atoms with Gasteiger partial charge in [-0.15, -0.1) is 0 Å². The Kier molecular flexibility index (Phi) is 7.45. The van der Waals surface area contributed by atoms with E-state index in [2.05, 4.69) is 15.6 Å². The smallest absolute Gasteiger partial charge is 0.254 e. The maximum Gasteiger partial charge on any atom is 0.254 e. The van der Waals surface area contributed by atoms with Crippen molar-refractivity contribution in [2.75, 3.05) is 5.73 Å². The van der Waals surface area contributed by atoms with E-state index in [4.69, 9.17) is 5.73 Å². The second-order valence-electron chi connectivity index (χ2n) is 7.14. The van der Waals surface area contributed by atoms with Gasteiger partial charge in [0.05, 0.1) is 0 Å². The molecule has 166 valence electrons. The van der Waals surface area contributed by atoms with Crippen LogP contribution in [0.15, 0.2) is 66.9 Å². The molecule has 0 bridgehead atoms. The van der Waals surface area contributed by atoms with Gasteiger partial charge in [-0.05, 0) is 34.9 Å². The number of benzene rings is 2. The minimum atomic E-state index is -1.50. The monoisotopic (exact) mass is 440 g/mol. The first kappa shape index (κ1) is 22.8. The van der Waals surface area contributed by atoms with Gasteiger partial charge in [-0.3, -0.25) is 9.59 Å². The van der Waals surface area contributed by atoms with Crippen LogP contribution in [0.3, 0.4) is 0 Å². The fourth-order valence-electron chi connectivity index (χ4n) is 3.00. The van der Waals surface area contributed by atoms with E-state index >= 15 is 0 Å². The highest BCUT2D eigenvalue weighted by molar-refractivity contribution is 5.90. The zero-order chi connectivity index (χ0) is 23.1. The molecule has 0 saturated carbocycles. The lowest BCUT2D eigenvalue weighted by molar-refractivity contribution is -0.134. The van der Waals surface area contributed by atoms with Gasteiger partial charge in [0, 0.05) is 19.2 Å². The van der Waals surface area contributed by atoms with Crippen molar-refractivity contribution in [3.8, 4) is 0 Å². The molecule has 0 radical (unpaired) electrons. The molecular weight excluding hydrogens is 418 g/mol. The van der Waals surface area contributed by atoms with Crippen molar-refractivity contribution in [2.24, 2.45) is 0 Å². The number of anilines is 1. The summed E-state index contributed by atoms with van der Waals surface area (Å²) in [6.45, 7) is 0.109. The minimum Gasteiger partial charge on any atom is -0.384 e. The molecule has 0 saturated heterocycles. The SMILES string of the molecule is Nc1ccc(CNC(=O)[C@@H](Cc2ccc(F)c(F)c2)NC(=O)[C@H](O)c2ccccc2)cn1. The third-order valence-corrected chi connectivity index (χ3v) is 4.73. The number of hydrogen-bond donors (Lipinski definition) is 4. The van der Waals surface area contributed by atoms with E-state index in [-0.39, 0.29) is 13.0 Å². The predicted molar refractivity (Wildman–Crippen MR) is 114 cm³/mol. The molecule has 0 aliphatic heterocycles. The fraction of sp³-hybridized carbons (Fsp3) is 0.174. The molecule has 32 heavy (non-hydrogen) atoms. The van der Waals surface area contributed by atoms with Gasteiger partial charge < -0.3 is 21.5 Å². The maximum atomic E-state index is 13.6. The summed E-state index contributed by atoms with van der Waals surface area (Å²) < 4.78 is 26.9. The van der Waals surface area contributed by atoms with Gasteiger partial charge in [0.2, 0.25) is 5.91 Å². The summed E-state index contributed by atoms with van der Waals surface area (Å²) in [7, 11) is 0. The van der Waals surface area contributed by atoms with Crippen LogP contribution >= 0.6 is 0 Å². The fourth-order valence-corrected chi connectivity index (χ4v) is 3.00. The summed E-state index contributed by atoms with van der Waals surface area (Å²) >= 11 is 0. The number of aromatic nitrogens is 1. The molecule has 3 aromatic rings. The van der Waals surface area contributed by atoms with E-state index in [0.29, 0.717) is 22.5 Å². The molecule has 7 nitrogen and oxygen atoms in total. The average molecular weight is 440 g/mol. The van der Waals surface area contributed by atoms with Gasteiger partial charge >= 0.3 is 0 Å². The molecule has 1 aromatic heterocycles. The summed E-state index contributed by atoms with van der Waals surface area (Å²) in [5, 5.41) is 15.5. The van der Waals surface area contributed by atoms with Crippen LogP contribution in [0.25, 0.3) is 0 Å². The standard InChI is InChI=1S/C23H22F2N4O3/c24-17-8-6-14(10-18(17)25)11-19(22(31)28-13-15-7-9-20(26)27-12-15)29-23(32)21(30)16-4-2-1-3-5-16/h1-10,12,19,21,30H,11,13H2,(H2,26,27)(H,28,31)(H,29,32)/t19-,21-/m1/s1. The number of carbonyl (C=O) groups excluding carboxylic acids is 2. The molecule has 0 aliphatic carbocycles. The normalized spacial score (nSPS) is 12.6. The first-order valence-corrected chi connectivity index (χ1v) is 9.79. The maximum absolute atomic E-state index is 13.6. The molecule has 5 N–H and O–H groups in total. The van der Waals surface area contributed by atoms with E-state index in [9.17, 15) is 23.5 Å². The number of aliphatic hydroxyl groups excluding tert-OH is 1. The van der Waals surface area contributed by atoms with Gasteiger partial charge in [-0.1, -0.05) is 42.5 Å². The summed E-state index contributed by atoms with van der Waals surface area (Å²) in [6, 6.07) is 13.6. The Bertz CT molecular complexity index is 1080. The number of carbonyl (C=O) groups is 2. The van der Waals surface area contributed by atoms with Crippen molar-refractivity contribution >= 4 is 17.6 Å². The topological polar surface area (TPSA) is 117 Å². The Morgan fingerprint density at radius 1 is 0.969 bits per heavy atom. The Balaban J connectivity index is 1.74. The van der Waals surface area contributed by atoms with Crippen molar-refractivity contribution in [1.29, 1.82) is 0 Å². The van der Waals surface area contributed by atoms with Crippen LogP contribution in [0.2, 0.25) is 0 Å². The summed E-state index contributed by atoms with van der Waals surface area (Å²) in [5.41, 5.74) is 6.87. The van der Waals surface area contributed by atoms with Crippen LogP contribution in [0, 0.1) is 11.6 Å². The van der Waals surface area contributed by atoms with E-state index in [1.54, 1.807) is 42.5 Å². The number of halogens is 2. The zero-order valence-corrected chi connectivity index (χ0v) is 17.0. The molecule has 2 atom stereocenters. The summed E-state index contributed by atoms with van der Waals surface area (Å²) in [6.07, 6.45) is -0.119. The lowest BCUT2D eigenvalue weighted by atomic mass is 10.0. The molecule has 0 unspecified atom stereocenters. The zero-order valence-electron chi connectivity index (χ0n) is 17.0. The number of nitrogens with two attached hydrogens (primary N) is 1. The van der Waals surface area contributed by atoms with Crippen LogP contribution < -0.4 is 16.4 Å². The first-order chi connectivity index (χ1) is 15.3. The molecule has 2 aromatic carbocycles. The number of pyridine rings is 1. The summed E-state index contributed by atoms with van der Waals surface area (Å²) in [5.74, 6) is -3.12. The second kappa shape index (κ2) is 10.5. The van der Waals surface area contributed by atoms with E-state index in [1.807, 2.05) is 0 Å². The van der Waals surface area contributed by atoms with Crippen LogP contribution in [0.1, 0.15) is 22.8 Å². The van der Waals surface area contributed by atoms with Gasteiger partial charge in [-0.2, -0.15) is 0 Å². The minimum absolute atomic E-state index is 0.109. The van der Waals surface area contributed by atoms with Gasteiger partial charge in [0.15, 0.2) is 17.7 Å². The predicted octanol–water partition coefficient (Wildman–Crippen LogP) is 2.02. The number of nitrogens with one attached hydrogen (secondary N) is 2. The van der Waals surface area contributed by atoms with E-state index in [0.717, 1.165) is 12.1 Å². The highest BCUT2D eigenvalue weighted by Gasteiger charge is 2.26. The van der Waals surface area contributed by atoms with Crippen LogP contribution in [0.5, 0.6) is 0 Å². The van der Waals surface area contributed by atoms with Crippen molar-refractivity contribution in [3.63, 3.8) is 0 Å². The van der Waals surface area contributed by atoms with E-state index in [1.165, 1.54) is 12.3 Å². The van der Waals surface area contributed by atoms with Crippen molar-refractivity contribution in [1.82, 2.24) is 15.6 Å². The van der Waals surface area contributed by atoms with Crippen LogP contribution in [-0.4, -0.2) is 27.9 Å². The number of rotatable bonds is 8. The molecule has 0 fully saturated rings. The van der Waals surface area contributed by atoms with Crippen LogP contribution in [0.4, 0.5) is 14.6 Å².